The standard InChI is InChI=1S/C25H22ClN5O4/c1-33-24-14(26)3-2-4-17(24)30-23-20-15(8-11-28-25(20)32)29-22(23)13-7-10-27-16-5-6-18(31-21(13)16)35-19-9-12-34-19/h2-7,10,19,29-30H,8-9,11-12H2,1H3,(H,28,32). The number of hydrogen-bond acceptors (Lipinski definition) is 7. The van der Waals surface area contributed by atoms with Gasteiger partial charge in [-0.1, -0.05) is 17.7 Å². The fourth-order valence-corrected chi connectivity index (χ4v) is 4.62. The Hall–Kier alpha value is -3.82. The minimum Gasteiger partial charge on any atom is -0.493 e. The number of benzene rings is 1. The first-order valence-electron chi connectivity index (χ1n) is 11.3. The summed E-state index contributed by atoms with van der Waals surface area (Å²) in [5.41, 5.74) is 5.48. The molecule has 5 heterocycles. The highest BCUT2D eigenvalue weighted by atomic mass is 35.5. The van der Waals surface area contributed by atoms with E-state index in [1.165, 1.54) is 0 Å². The first kappa shape index (κ1) is 21.7. The first-order valence-corrected chi connectivity index (χ1v) is 11.7. The Morgan fingerprint density at radius 3 is 2.91 bits per heavy atom. The number of anilines is 2. The van der Waals surface area contributed by atoms with Crippen LogP contribution in [0.4, 0.5) is 11.4 Å². The Kier molecular flexibility index (Phi) is 5.43. The third kappa shape index (κ3) is 3.82. The number of pyridine rings is 2. The number of halogens is 1. The van der Waals surface area contributed by atoms with Crippen LogP contribution in [0, 0.1) is 0 Å². The number of aromatic nitrogens is 3. The molecule has 0 aliphatic carbocycles. The van der Waals surface area contributed by atoms with E-state index in [4.69, 9.17) is 30.8 Å². The van der Waals surface area contributed by atoms with Crippen molar-refractivity contribution in [1.29, 1.82) is 0 Å². The molecule has 178 valence electrons. The molecule has 6 rings (SSSR count). The van der Waals surface area contributed by atoms with Crippen molar-refractivity contribution in [3.8, 4) is 22.9 Å². The van der Waals surface area contributed by atoms with Crippen molar-refractivity contribution in [3.63, 3.8) is 0 Å². The second-order valence-electron chi connectivity index (χ2n) is 8.26. The molecular formula is C25H22ClN5O4. The van der Waals surface area contributed by atoms with Crippen LogP contribution in [0.25, 0.3) is 22.3 Å². The number of rotatable bonds is 6. The summed E-state index contributed by atoms with van der Waals surface area (Å²) in [4.78, 5) is 25.6. The Balaban J connectivity index is 1.52. The summed E-state index contributed by atoms with van der Waals surface area (Å²) in [6.45, 7) is 1.24. The van der Waals surface area contributed by atoms with Crippen molar-refractivity contribution < 1.29 is 19.0 Å². The maximum atomic E-state index is 13.0. The van der Waals surface area contributed by atoms with Gasteiger partial charge in [-0.25, -0.2) is 4.98 Å². The number of methoxy groups -OCH3 is 1. The molecule has 1 amide bonds. The highest BCUT2D eigenvalue weighted by Crippen LogP contribution is 2.42. The van der Waals surface area contributed by atoms with Gasteiger partial charge in [-0.05, 0) is 24.3 Å². The summed E-state index contributed by atoms with van der Waals surface area (Å²) in [7, 11) is 1.56. The maximum Gasteiger partial charge on any atom is 0.255 e. The molecule has 35 heavy (non-hydrogen) atoms. The van der Waals surface area contributed by atoms with Gasteiger partial charge in [0.05, 0.1) is 46.9 Å². The van der Waals surface area contributed by atoms with Gasteiger partial charge in [-0.2, -0.15) is 0 Å². The van der Waals surface area contributed by atoms with E-state index in [-0.39, 0.29) is 12.2 Å². The zero-order valence-electron chi connectivity index (χ0n) is 18.9. The highest BCUT2D eigenvalue weighted by Gasteiger charge is 2.29. The number of carbonyl (C=O) groups excluding carboxylic acids is 1. The number of hydrogen-bond donors (Lipinski definition) is 3. The lowest BCUT2D eigenvalue weighted by molar-refractivity contribution is -0.166. The summed E-state index contributed by atoms with van der Waals surface area (Å²) >= 11 is 6.36. The first-order chi connectivity index (χ1) is 17.1. The normalized spacial score (nSPS) is 16.9. The van der Waals surface area contributed by atoms with Crippen LogP contribution in [0.3, 0.4) is 0 Å². The van der Waals surface area contributed by atoms with Gasteiger partial charge in [-0.15, -0.1) is 0 Å². The van der Waals surface area contributed by atoms with E-state index in [2.05, 4.69) is 20.6 Å². The number of fused-ring (bicyclic) bond motifs is 2. The Morgan fingerprint density at radius 2 is 2.11 bits per heavy atom. The van der Waals surface area contributed by atoms with Gasteiger partial charge >= 0.3 is 0 Å². The van der Waals surface area contributed by atoms with Gasteiger partial charge in [0.1, 0.15) is 5.52 Å². The number of amides is 1. The number of nitrogens with zero attached hydrogens (tertiary/aromatic N) is 2. The highest BCUT2D eigenvalue weighted by molar-refractivity contribution is 6.32. The van der Waals surface area contributed by atoms with Gasteiger partial charge < -0.3 is 29.8 Å². The average molecular weight is 492 g/mol. The SMILES string of the molecule is COc1c(Cl)cccc1Nc1c(-c2ccnc3ccc(OC4CCO4)nc23)[nH]c2c1C(=O)NCC2. The van der Waals surface area contributed by atoms with E-state index < -0.39 is 0 Å². The van der Waals surface area contributed by atoms with E-state index in [1.807, 2.05) is 24.3 Å². The molecule has 1 fully saturated rings. The number of para-hydroxylation sites is 1. The molecule has 10 heteroatoms. The third-order valence-corrected chi connectivity index (χ3v) is 6.43. The molecule has 3 aromatic heterocycles. The number of aromatic amines is 1. The Labute approximate surface area is 205 Å². The number of carbonyl (C=O) groups is 1. The van der Waals surface area contributed by atoms with E-state index >= 15 is 0 Å². The predicted octanol–water partition coefficient (Wildman–Crippen LogP) is 4.44. The molecule has 0 saturated carbocycles. The van der Waals surface area contributed by atoms with Gasteiger partial charge in [-0.3, -0.25) is 9.78 Å². The fourth-order valence-electron chi connectivity index (χ4n) is 4.37. The van der Waals surface area contributed by atoms with Crippen LogP contribution in [0.5, 0.6) is 11.6 Å². The molecule has 1 saturated heterocycles. The summed E-state index contributed by atoms with van der Waals surface area (Å²) in [6, 6.07) is 10.9. The lowest BCUT2D eigenvalue weighted by Crippen LogP contribution is -2.32. The van der Waals surface area contributed by atoms with Crippen LogP contribution in [-0.4, -0.2) is 47.4 Å². The molecule has 2 aliphatic heterocycles. The molecule has 0 bridgehead atoms. The molecule has 4 aromatic rings. The van der Waals surface area contributed by atoms with Crippen molar-refractivity contribution in [1.82, 2.24) is 20.3 Å². The van der Waals surface area contributed by atoms with Crippen molar-refractivity contribution in [3.05, 3.63) is 58.9 Å². The van der Waals surface area contributed by atoms with E-state index in [1.54, 1.807) is 25.4 Å². The zero-order valence-corrected chi connectivity index (χ0v) is 19.6. The van der Waals surface area contributed by atoms with Crippen molar-refractivity contribution in [2.24, 2.45) is 0 Å². The lowest BCUT2D eigenvalue weighted by Gasteiger charge is -2.26. The predicted molar refractivity (Wildman–Crippen MR) is 132 cm³/mol. The molecule has 0 radical (unpaired) electrons. The molecule has 9 nitrogen and oxygen atoms in total. The number of ether oxygens (including phenoxy) is 3. The lowest BCUT2D eigenvalue weighted by atomic mass is 10.0. The minimum atomic E-state index is -0.283. The van der Waals surface area contributed by atoms with Crippen LogP contribution in [-0.2, 0) is 11.2 Å². The second kappa shape index (κ2) is 8.75. The smallest absolute Gasteiger partial charge is 0.255 e. The van der Waals surface area contributed by atoms with Gasteiger partial charge in [0.2, 0.25) is 12.2 Å². The van der Waals surface area contributed by atoms with Crippen molar-refractivity contribution >= 4 is 39.9 Å². The third-order valence-electron chi connectivity index (χ3n) is 6.13. The van der Waals surface area contributed by atoms with Crippen LogP contribution < -0.4 is 20.1 Å². The summed E-state index contributed by atoms with van der Waals surface area (Å²) in [5.74, 6) is 0.784. The van der Waals surface area contributed by atoms with E-state index in [0.717, 1.165) is 17.7 Å². The maximum absolute atomic E-state index is 13.0. The Bertz CT molecular complexity index is 1450. The molecule has 1 unspecified atom stereocenters. The van der Waals surface area contributed by atoms with Crippen molar-refractivity contribution in [2.75, 3.05) is 25.6 Å². The molecule has 1 aromatic carbocycles. The van der Waals surface area contributed by atoms with Crippen LogP contribution in [0.2, 0.25) is 5.02 Å². The molecule has 0 spiro atoms. The largest absolute Gasteiger partial charge is 0.493 e. The molecular weight excluding hydrogens is 470 g/mol. The summed E-state index contributed by atoms with van der Waals surface area (Å²) < 4.78 is 16.7. The van der Waals surface area contributed by atoms with Crippen LogP contribution >= 0.6 is 11.6 Å². The van der Waals surface area contributed by atoms with Crippen molar-refractivity contribution in [2.45, 2.75) is 19.1 Å². The van der Waals surface area contributed by atoms with Gasteiger partial charge in [0, 0.05) is 42.9 Å². The zero-order chi connectivity index (χ0) is 23.9. The second-order valence-corrected chi connectivity index (χ2v) is 8.67. The number of nitrogens with one attached hydrogen (secondary N) is 3. The quantitative estimate of drug-likeness (QED) is 0.365. The van der Waals surface area contributed by atoms with E-state index in [0.29, 0.717) is 69.9 Å². The molecule has 1 atom stereocenters. The Morgan fingerprint density at radius 1 is 1.23 bits per heavy atom. The monoisotopic (exact) mass is 491 g/mol. The molecule has 3 N–H and O–H groups in total. The topological polar surface area (TPSA) is 110 Å². The summed E-state index contributed by atoms with van der Waals surface area (Å²) in [5, 5.41) is 6.79. The van der Waals surface area contributed by atoms with Crippen LogP contribution in [0.15, 0.2) is 42.6 Å². The molecule has 2 aliphatic rings. The van der Waals surface area contributed by atoms with E-state index in [9.17, 15) is 4.79 Å². The minimum absolute atomic E-state index is 0.158. The van der Waals surface area contributed by atoms with Crippen LogP contribution in [0.1, 0.15) is 22.5 Å². The van der Waals surface area contributed by atoms with Gasteiger partial charge in [0.25, 0.3) is 5.91 Å². The summed E-state index contributed by atoms with van der Waals surface area (Å²) in [6.07, 6.45) is 2.94. The van der Waals surface area contributed by atoms with Gasteiger partial charge in [0.15, 0.2) is 5.75 Å². The average Bonchev–Trinajstić information content (AvgIpc) is 3.20. The number of H-pyrrole nitrogens is 1. The fraction of sp³-hybridized carbons (Fsp3) is 0.240.